The first-order valence-electron chi connectivity index (χ1n) is 8.89. The molecule has 0 unspecified atom stereocenters. The van der Waals surface area contributed by atoms with Crippen molar-refractivity contribution in [2.24, 2.45) is 5.41 Å². The first-order chi connectivity index (χ1) is 11.0. The van der Waals surface area contributed by atoms with Gasteiger partial charge in [0.1, 0.15) is 5.69 Å². The second kappa shape index (κ2) is 6.59. The Morgan fingerprint density at radius 2 is 1.96 bits per heavy atom. The molecule has 23 heavy (non-hydrogen) atoms. The van der Waals surface area contributed by atoms with Crippen LogP contribution in [0.4, 0.5) is 0 Å². The van der Waals surface area contributed by atoms with Crippen molar-refractivity contribution in [3.05, 3.63) is 11.9 Å². The lowest BCUT2D eigenvalue weighted by Crippen LogP contribution is -2.47. The van der Waals surface area contributed by atoms with E-state index in [9.17, 15) is 9.90 Å². The quantitative estimate of drug-likeness (QED) is 0.928. The number of nitrogens with zero attached hydrogens (tertiary/aromatic N) is 4. The molecule has 0 aromatic carbocycles. The Bertz CT molecular complexity index is 541. The molecule has 2 heterocycles. The number of hydrogen-bond donors (Lipinski definition) is 1. The summed E-state index contributed by atoms with van der Waals surface area (Å²) in [4.78, 5) is 14.9. The minimum absolute atomic E-state index is 0.141. The third kappa shape index (κ3) is 3.42. The van der Waals surface area contributed by atoms with E-state index in [2.05, 4.69) is 17.2 Å². The summed E-state index contributed by atoms with van der Waals surface area (Å²) in [7, 11) is 0. The molecular weight excluding hydrogens is 292 g/mol. The number of hydrogen-bond acceptors (Lipinski definition) is 4. The highest BCUT2D eigenvalue weighted by atomic mass is 16.3. The van der Waals surface area contributed by atoms with Crippen molar-refractivity contribution < 1.29 is 9.90 Å². The van der Waals surface area contributed by atoms with Crippen LogP contribution < -0.4 is 0 Å². The lowest BCUT2D eigenvalue weighted by atomic mass is 9.74. The Kier molecular flexibility index (Phi) is 4.71. The zero-order chi connectivity index (χ0) is 16.4. The van der Waals surface area contributed by atoms with Crippen LogP contribution in [0, 0.1) is 5.41 Å². The molecule has 1 saturated heterocycles. The highest BCUT2D eigenvalue weighted by Crippen LogP contribution is 2.38. The summed E-state index contributed by atoms with van der Waals surface area (Å²) in [5, 5.41) is 17.7. The molecule has 2 fully saturated rings. The van der Waals surface area contributed by atoms with Gasteiger partial charge in [-0.1, -0.05) is 31.4 Å². The molecule has 1 N–H and O–H groups in total. The number of piperidine rings is 1. The van der Waals surface area contributed by atoms with E-state index in [-0.39, 0.29) is 11.5 Å². The second-order valence-electron chi connectivity index (χ2n) is 7.44. The van der Waals surface area contributed by atoms with Gasteiger partial charge in [-0.05, 0) is 32.6 Å². The molecule has 1 saturated carbocycles. The number of amides is 1. The number of aromatic nitrogens is 3. The van der Waals surface area contributed by atoms with Crippen LogP contribution in [0.15, 0.2) is 6.20 Å². The van der Waals surface area contributed by atoms with E-state index in [0.717, 1.165) is 38.8 Å². The molecule has 1 aliphatic carbocycles. The van der Waals surface area contributed by atoms with Crippen molar-refractivity contribution in [1.29, 1.82) is 0 Å². The highest BCUT2D eigenvalue weighted by molar-refractivity contribution is 5.82. The molecule has 128 valence electrons. The summed E-state index contributed by atoms with van der Waals surface area (Å²) >= 11 is 0. The largest absolute Gasteiger partial charge is 0.387 e. The van der Waals surface area contributed by atoms with Crippen LogP contribution in [0.2, 0.25) is 0 Å². The monoisotopic (exact) mass is 320 g/mol. The Hall–Kier alpha value is -1.43. The number of carbonyl (C=O) groups is 1. The van der Waals surface area contributed by atoms with Crippen LogP contribution in [-0.4, -0.2) is 44.0 Å². The summed E-state index contributed by atoms with van der Waals surface area (Å²) < 4.78 is 1.85. The van der Waals surface area contributed by atoms with Crippen LogP contribution in [0.5, 0.6) is 0 Å². The van der Waals surface area contributed by atoms with E-state index in [4.69, 9.17) is 0 Å². The zero-order valence-electron chi connectivity index (χ0n) is 14.2. The Morgan fingerprint density at radius 1 is 1.30 bits per heavy atom. The number of rotatable bonds is 3. The summed E-state index contributed by atoms with van der Waals surface area (Å²) in [6.07, 6.45) is 8.75. The van der Waals surface area contributed by atoms with Crippen molar-refractivity contribution >= 4 is 5.91 Å². The minimum Gasteiger partial charge on any atom is -0.387 e. The van der Waals surface area contributed by atoms with E-state index in [0.29, 0.717) is 11.6 Å². The average molecular weight is 320 g/mol. The molecule has 0 radical (unpaired) electrons. The van der Waals surface area contributed by atoms with Crippen molar-refractivity contribution in [1.82, 2.24) is 19.9 Å². The molecule has 3 rings (SSSR count). The van der Waals surface area contributed by atoms with Crippen LogP contribution >= 0.6 is 0 Å². The fourth-order valence-corrected chi connectivity index (χ4v) is 3.92. The molecule has 1 aromatic heterocycles. The summed E-state index contributed by atoms with van der Waals surface area (Å²) in [6.45, 7) is 5.43. The molecule has 1 aromatic rings. The first kappa shape index (κ1) is 16.4. The van der Waals surface area contributed by atoms with E-state index < -0.39 is 6.10 Å². The van der Waals surface area contributed by atoms with Crippen LogP contribution in [-0.2, 0) is 4.79 Å². The Morgan fingerprint density at radius 3 is 2.52 bits per heavy atom. The van der Waals surface area contributed by atoms with Gasteiger partial charge in [-0.2, -0.15) is 0 Å². The standard InChI is InChI=1S/C17H28N4O2/c1-13(22)15-12-21(19-18-15)14-6-10-20(11-7-14)16(23)17(2)8-4-3-5-9-17/h12-14,22H,3-11H2,1-2H3/t13-/m0/s1. The van der Waals surface area contributed by atoms with Crippen molar-refractivity contribution in [3.63, 3.8) is 0 Å². The van der Waals surface area contributed by atoms with Gasteiger partial charge in [0.2, 0.25) is 5.91 Å². The number of likely N-dealkylation sites (tertiary alicyclic amines) is 1. The van der Waals surface area contributed by atoms with Crippen LogP contribution in [0.1, 0.15) is 76.6 Å². The maximum atomic E-state index is 12.9. The molecule has 6 heteroatoms. The predicted octanol–water partition coefficient (Wildman–Crippen LogP) is 2.47. The van der Waals surface area contributed by atoms with E-state index in [1.165, 1.54) is 19.3 Å². The summed E-state index contributed by atoms with van der Waals surface area (Å²) in [5.41, 5.74) is 0.468. The average Bonchev–Trinajstić information content (AvgIpc) is 3.05. The molecule has 6 nitrogen and oxygen atoms in total. The molecule has 0 bridgehead atoms. The van der Waals surface area contributed by atoms with Crippen LogP contribution in [0.25, 0.3) is 0 Å². The summed E-state index contributed by atoms with van der Waals surface area (Å²) in [6, 6.07) is 0.276. The zero-order valence-corrected chi connectivity index (χ0v) is 14.2. The lowest BCUT2D eigenvalue weighted by molar-refractivity contribution is -0.144. The van der Waals surface area contributed by atoms with Gasteiger partial charge in [0.05, 0.1) is 18.3 Å². The lowest BCUT2D eigenvalue weighted by Gasteiger charge is -2.40. The van der Waals surface area contributed by atoms with Gasteiger partial charge in [-0.3, -0.25) is 4.79 Å². The Balaban J connectivity index is 1.58. The fourth-order valence-electron chi connectivity index (χ4n) is 3.92. The van der Waals surface area contributed by atoms with E-state index >= 15 is 0 Å². The molecular formula is C17H28N4O2. The van der Waals surface area contributed by atoms with Crippen molar-refractivity contribution in [2.75, 3.05) is 13.1 Å². The van der Waals surface area contributed by atoms with Crippen molar-refractivity contribution in [2.45, 2.75) is 70.9 Å². The second-order valence-corrected chi connectivity index (χ2v) is 7.44. The first-order valence-corrected chi connectivity index (χ1v) is 8.89. The van der Waals surface area contributed by atoms with E-state index in [1.807, 2.05) is 15.8 Å². The van der Waals surface area contributed by atoms with Gasteiger partial charge in [0.15, 0.2) is 0 Å². The van der Waals surface area contributed by atoms with Gasteiger partial charge in [0.25, 0.3) is 0 Å². The highest BCUT2D eigenvalue weighted by Gasteiger charge is 2.38. The molecule has 1 atom stereocenters. The number of aliphatic hydroxyl groups excluding tert-OH is 1. The third-order valence-corrected chi connectivity index (χ3v) is 5.56. The molecule has 0 spiro atoms. The van der Waals surface area contributed by atoms with Gasteiger partial charge >= 0.3 is 0 Å². The maximum Gasteiger partial charge on any atom is 0.228 e. The SMILES string of the molecule is C[C@H](O)c1cn(C2CCN(C(=O)C3(C)CCCCC3)CC2)nn1. The maximum absolute atomic E-state index is 12.9. The normalized spacial score (nSPS) is 23.7. The minimum atomic E-state index is -0.586. The number of aliphatic hydroxyl groups is 1. The van der Waals surface area contributed by atoms with Gasteiger partial charge in [-0.15, -0.1) is 5.10 Å². The third-order valence-electron chi connectivity index (χ3n) is 5.56. The number of carbonyl (C=O) groups excluding carboxylic acids is 1. The Labute approximate surface area is 137 Å². The predicted molar refractivity (Wildman–Crippen MR) is 86.7 cm³/mol. The van der Waals surface area contributed by atoms with Gasteiger partial charge < -0.3 is 10.0 Å². The molecule has 1 amide bonds. The van der Waals surface area contributed by atoms with E-state index in [1.54, 1.807) is 6.92 Å². The van der Waals surface area contributed by atoms with Crippen molar-refractivity contribution in [3.8, 4) is 0 Å². The van der Waals surface area contributed by atoms with Gasteiger partial charge in [0, 0.05) is 18.5 Å². The fraction of sp³-hybridized carbons (Fsp3) is 0.824. The topological polar surface area (TPSA) is 71.2 Å². The smallest absolute Gasteiger partial charge is 0.228 e. The molecule has 2 aliphatic rings. The molecule has 1 aliphatic heterocycles. The van der Waals surface area contributed by atoms with Gasteiger partial charge in [-0.25, -0.2) is 4.68 Å². The summed E-state index contributed by atoms with van der Waals surface area (Å²) in [5.74, 6) is 0.346. The van der Waals surface area contributed by atoms with Crippen LogP contribution in [0.3, 0.4) is 0 Å².